The molecule has 2 fully saturated rings. The van der Waals surface area contributed by atoms with E-state index in [9.17, 15) is 26.7 Å². The van der Waals surface area contributed by atoms with Crippen LogP contribution in [0, 0.1) is 11.3 Å². The van der Waals surface area contributed by atoms with Gasteiger partial charge in [0.05, 0.1) is 0 Å². The van der Waals surface area contributed by atoms with Gasteiger partial charge in [0.25, 0.3) is 5.92 Å². The van der Waals surface area contributed by atoms with E-state index in [0.717, 1.165) is 4.90 Å². The number of likely N-dealkylation sites (tertiary alicyclic amines) is 1. The van der Waals surface area contributed by atoms with Gasteiger partial charge in [-0.25, -0.2) is 4.79 Å². The Morgan fingerprint density at radius 3 is 2.09 bits per heavy atom. The summed E-state index contributed by atoms with van der Waals surface area (Å²) < 4.78 is 65.6. The maximum atomic E-state index is 14.3. The van der Waals surface area contributed by atoms with Gasteiger partial charge in [-0.15, -0.1) is 10.2 Å². The molecule has 1 aromatic rings. The average molecular weight is 337 g/mol. The molecule has 2 heterocycles. The van der Waals surface area contributed by atoms with Crippen LogP contribution in [0.3, 0.4) is 0 Å². The van der Waals surface area contributed by atoms with Gasteiger partial charge in [0.1, 0.15) is 5.69 Å². The molecular weight excluding hydrogens is 325 g/mol. The number of hydrogen-bond donors (Lipinski definition) is 1. The van der Waals surface area contributed by atoms with Crippen LogP contribution in [0.2, 0.25) is 0 Å². The standard InChI is InChI=1S/C13H12F5N3O2/c14-12(15,8-1-2-9(20-19-8)13(16,17)18)7-3-11(4-7)5-21(6-11)10(22)23/h1-2,7H,3-6H2,(H,22,23). The van der Waals surface area contributed by atoms with Crippen molar-refractivity contribution in [3.63, 3.8) is 0 Å². The topological polar surface area (TPSA) is 66.3 Å². The summed E-state index contributed by atoms with van der Waals surface area (Å²) in [6.07, 6.45) is -5.58. The van der Waals surface area contributed by atoms with Crippen LogP contribution in [0.4, 0.5) is 26.7 Å². The highest BCUT2D eigenvalue weighted by molar-refractivity contribution is 5.66. The Kier molecular flexibility index (Phi) is 3.28. The monoisotopic (exact) mass is 337 g/mol. The number of carboxylic acid groups (broad SMARTS) is 1. The van der Waals surface area contributed by atoms with Crippen molar-refractivity contribution < 1.29 is 31.9 Å². The summed E-state index contributed by atoms with van der Waals surface area (Å²) in [7, 11) is 0. The summed E-state index contributed by atoms with van der Waals surface area (Å²) in [6.45, 7) is 0.432. The van der Waals surface area contributed by atoms with Crippen molar-refractivity contribution in [2.45, 2.75) is 24.9 Å². The first-order valence-electron chi connectivity index (χ1n) is 6.81. The largest absolute Gasteiger partial charge is 0.465 e. The van der Waals surface area contributed by atoms with Crippen molar-refractivity contribution in [1.82, 2.24) is 15.1 Å². The van der Waals surface area contributed by atoms with Crippen LogP contribution in [0.1, 0.15) is 24.2 Å². The first-order chi connectivity index (χ1) is 10.5. The number of amides is 1. The second-order valence-electron chi connectivity index (χ2n) is 6.17. The summed E-state index contributed by atoms with van der Waals surface area (Å²) in [6, 6.07) is 1.13. The SMILES string of the molecule is O=C(O)N1CC2(CC(C(F)(F)c3ccc(C(F)(F)F)nn3)C2)C1. The summed E-state index contributed by atoms with van der Waals surface area (Å²) in [5.41, 5.74) is -2.54. The van der Waals surface area contributed by atoms with Gasteiger partial charge in [-0.05, 0) is 25.0 Å². The second-order valence-corrected chi connectivity index (χ2v) is 6.17. The van der Waals surface area contributed by atoms with Gasteiger partial charge >= 0.3 is 12.3 Å². The maximum Gasteiger partial charge on any atom is 0.435 e. The minimum absolute atomic E-state index is 0.118. The molecule has 0 bridgehead atoms. The fourth-order valence-corrected chi connectivity index (χ4v) is 3.27. The molecule has 0 radical (unpaired) electrons. The molecule has 1 amide bonds. The number of rotatable bonds is 2. The number of nitrogens with zero attached hydrogens (tertiary/aromatic N) is 3. The van der Waals surface area contributed by atoms with E-state index in [2.05, 4.69) is 10.2 Å². The zero-order valence-electron chi connectivity index (χ0n) is 11.6. The van der Waals surface area contributed by atoms with Crippen LogP contribution in [0.15, 0.2) is 12.1 Å². The number of alkyl halides is 5. The molecule has 1 saturated carbocycles. The molecule has 1 saturated heterocycles. The van der Waals surface area contributed by atoms with Crippen molar-refractivity contribution >= 4 is 6.09 Å². The normalized spacial score (nSPS) is 21.0. The zero-order chi connectivity index (χ0) is 17.0. The summed E-state index contributed by atoms with van der Waals surface area (Å²) in [5, 5.41) is 14.6. The maximum absolute atomic E-state index is 14.3. The Morgan fingerprint density at radius 1 is 1.13 bits per heavy atom. The van der Waals surface area contributed by atoms with Gasteiger partial charge in [0.15, 0.2) is 5.69 Å². The molecule has 0 aromatic carbocycles. The Labute approximate surface area is 127 Å². The molecule has 1 aromatic heterocycles. The van der Waals surface area contributed by atoms with Crippen LogP contribution in [-0.2, 0) is 12.1 Å². The van der Waals surface area contributed by atoms with Crippen molar-refractivity contribution in [2.24, 2.45) is 11.3 Å². The molecule has 1 spiro atoms. The predicted molar refractivity (Wildman–Crippen MR) is 65.7 cm³/mol. The van der Waals surface area contributed by atoms with Gasteiger partial charge in [0.2, 0.25) is 0 Å². The van der Waals surface area contributed by atoms with E-state index < -0.39 is 40.9 Å². The lowest BCUT2D eigenvalue weighted by molar-refractivity contribution is -0.181. The van der Waals surface area contributed by atoms with E-state index in [4.69, 9.17) is 5.11 Å². The quantitative estimate of drug-likeness (QED) is 0.843. The second kappa shape index (κ2) is 4.75. The van der Waals surface area contributed by atoms with E-state index in [1.165, 1.54) is 0 Å². The molecule has 1 N–H and O–H groups in total. The van der Waals surface area contributed by atoms with Crippen LogP contribution in [-0.4, -0.2) is 39.4 Å². The zero-order valence-corrected chi connectivity index (χ0v) is 11.6. The number of hydrogen-bond acceptors (Lipinski definition) is 3. The average Bonchev–Trinajstić information content (AvgIpc) is 2.33. The highest BCUT2D eigenvalue weighted by Crippen LogP contribution is 2.58. The fourth-order valence-electron chi connectivity index (χ4n) is 3.27. The number of aromatic nitrogens is 2. The number of carbonyl (C=O) groups is 1. The van der Waals surface area contributed by atoms with Crippen molar-refractivity contribution in [3.8, 4) is 0 Å². The van der Waals surface area contributed by atoms with Crippen LogP contribution < -0.4 is 0 Å². The van der Waals surface area contributed by atoms with Crippen molar-refractivity contribution in [1.29, 1.82) is 0 Å². The van der Waals surface area contributed by atoms with E-state index in [1.54, 1.807) is 0 Å². The molecule has 1 aliphatic carbocycles. The summed E-state index contributed by atoms with van der Waals surface area (Å²) in [4.78, 5) is 11.8. The third-order valence-electron chi connectivity index (χ3n) is 4.49. The Hall–Kier alpha value is -2.00. The lowest BCUT2D eigenvalue weighted by Gasteiger charge is -2.59. The van der Waals surface area contributed by atoms with Gasteiger partial charge in [-0.1, -0.05) is 0 Å². The Morgan fingerprint density at radius 2 is 1.65 bits per heavy atom. The lowest BCUT2D eigenvalue weighted by Crippen LogP contribution is -2.65. The first kappa shape index (κ1) is 15.9. The summed E-state index contributed by atoms with van der Waals surface area (Å²) >= 11 is 0. The third-order valence-corrected chi connectivity index (χ3v) is 4.49. The molecule has 23 heavy (non-hydrogen) atoms. The van der Waals surface area contributed by atoms with E-state index in [-0.39, 0.29) is 25.9 Å². The van der Waals surface area contributed by atoms with Crippen LogP contribution in [0.5, 0.6) is 0 Å². The fraction of sp³-hybridized carbons (Fsp3) is 0.615. The molecule has 10 heteroatoms. The predicted octanol–water partition coefficient (Wildman–Crippen LogP) is 2.98. The third kappa shape index (κ3) is 2.59. The first-order valence-corrected chi connectivity index (χ1v) is 6.81. The van der Waals surface area contributed by atoms with Gasteiger partial charge in [0, 0.05) is 24.4 Å². The lowest BCUT2D eigenvalue weighted by atomic mass is 9.56. The molecule has 126 valence electrons. The smallest absolute Gasteiger partial charge is 0.435 e. The van der Waals surface area contributed by atoms with Crippen molar-refractivity contribution in [2.75, 3.05) is 13.1 Å². The highest BCUT2D eigenvalue weighted by atomic mass is 19.4. The van der Waals surface area contributed by atoms with Crippen molar-refractivity contribution in [3.05, 3.63) is 23.5 Å². The minimum Gasteiger partial charge on any atom is -0.465 e. The summed E-state index contributed by atoms with van der Waals surface area (Å²) in [5.74, 6) is -4.45. The van der Waals surface area contributed by atoms with Gasteiger partial charge in [-0.2, -0.15) is 22.0 Å². The van der Waals surface area contributed by atoms with E-state index >= 15 is 0 Å². The van der Waals surface area contributed by atoms with Gasteiger partial charge in [-0.3, -0.25) is 0 Å². The molecule has 1 aliphatic heterocycles. The van der Waals surface area contributed by atoms with Crippen LogP contribution in [0.25, 0.3) is 0 Å². The molecule has 5 nitrogen and oxygen atoms in total. The number of halogens is 5. The van der Waals surface area contributed by atoms with Crippen LogP contribution >= 0.6 is 0 Å². The molecular formula is C13H12F5N3O2. The molecule has 0 unspecified atom stereocenters. The van der Waals surface area contributed by atoms with Gasteiger partial charge < -0.3 is 10.0 Å². The van der Waals surface area contributed by atoms with E-state index in [1.807, 2.05) is 0 Å². The molecule has 0 atom stereocenters. The van der Waals surface area contributed by atoms with E-state index in [0.29, 0.717) is 12.1 Å². The molecule has 3 rings (SSSR count). The highest BCUT2D eigenvalue weighted by Gasteiger charge is 2.61. The minimum atomic E-state index is -4.73. The Balaban J connectivity index is 1.66. The molecule has 2 aliphatic rings. The Bertz CT molecular complexity index is 617.